The molecular weight excluding hydrogens is 240 g/mol. The zero-order chi connectivity index (χ0) is 13.1. The fraction of sp³-hybridized carbons (Fsp3) is 0.400. The molecule has 0 amide bonds. The maximum Gasteiger partial charge on any atom is 0.390 e. The molecule has 3 nitrogen and oxygen atoms in total. The van der Waals surface area contributed by atoms with Gasteiger partial charge in [0.25, 0.3) is 0 Å². The van der Waals surface area contributed by atoms with E-state index in [0.717, 1.165) is 6.07 Å². The van der Waals surface area contributed by atoms with Crippen LogP contribution < -0.4 is 15.8 Å². The second-order valence-electron chi connectivity index (χ2n) is 3.37. The number of nitrogens with one attached hydrogen (secondary N) is 1. The number of hydrogen-bond donors (Lipinski definition) is 2. The summed E-state index contributed by atoms with van der Waals surface area (Å²) in [7, 11) is 1.26. The van der Waals surface area contributed by atoms with E-state index < -0.39 is 18.4 Å². The van der Waals surface area contributed by atoms with Crippen molar-refractivity contribution < 1.29 is 22.3 Å². The molecule has 0 aromatic heterocycles. The van der Waals surface area contributed by atoms with E-state index in [0.29, 0.717) is 0 Å². The van der Waals surface area contributed by atoms with Crippen molar-refractivity contribution in [2.75, 3.05) is 24.7 Å². The number of rotatable bonds is 4. The summed E-state index contributed by atoms with van der Waals surface area (Å²) in [5.74, 6) is -0.736. The van der Waals surface area contributed by atoms with E-state index in [-0.39, 0.29) is 23.7 Å². The Morgan fingerprint density at radius 3 is 2.53 bits per heavy atom. The van der Waals surface area contributed by atoms with Gasteiger partial charge in [-0.25, -0.2) is 4.39 Å². The zero-order valence-corrected chi connectivity index (χ0v) is 9.07. The van der Waals surface area contributed by atoms with Gasteiger partial charge < -0.3 is 15.8 Å². The van der Waals surface area contributed by atoms with E-state index in [1.165, 1.54) is 13.2 Å². The highest BCUT2D eigenvalue weighted by atomic mass is 19.4. The normalized spacial score (nSPS) is 11.4. The highest BCUT2D eigenvalue weighted by Gasteiger charge is 2.26. The number of anilines is 2. The van der Waals surface area contributed by atoms with Crippen molar-refractivity contribution in [3.63, 3.8) is 0 Å². The number of nitrogen functional groups attached to an aromatic ring is 1. The van der Waals surface area contributed by atoms with Crippen LogP contribution in [0.15, 0.2) is 12.1 Å². The van der Waals surface area contributed by atoms with Crippen LogP contribution in [0.3, 0.4) is 0 Å². The van der Waals surface area contributed by atoms with Crippen LogP contribution in [0.4, 0.5) is 28.9 Å². The number of nitrogens with two attached hydrogens (primary N) is 1. The maximum absolute atomic E-state index is 13.1. The quantitative estimate of drug-likeness (QED) is 0.639. The fourth-order valence-corrected chi connectivity index (χ4v) is 1.22. The highest BCUT2D eigenvalue weighted by molar-refractivity contribution is 5.68. The van der Waals surface area contributed by atoms with Crippen molar-refractivity contribution in [1.82, 2.24) is 0 Å². The van der Waals surface area contributed by atoms with Crippen LogP contribution in [0.2, 0.25) is 0 Å². The highest BCUT2D eigenvalue weighted by Crippen LogP contribution is 2.28. The standard InChI is InChI=1S/C10H12F4N2O/c1-17-9-5-8(7(15)4-6(9)11)16-3-2-10(12,13)14/h4-5,16H,2-3,15H2,1H3. The minimum atomic E-state index is -4.24. The van der Waals surface area contributed by atoms with Gasteiger partial charge in [-0.2, -0.15) is 13.2 Å². The first-order chi connectivity index (χ1) is 7.83. The van der Waals surface area contributed by atoms with E-state index in [2.05, 4.69) is 5.32 Å². The molecule has 0 unspecified atom stereocenters. The summed E-state index contributed by atoms with van der Waals surface area (Å²) < 4.78 is 53.6. The van der Waals surface area contributed by atoms with Crippen LogP contribution in [0, 0.1) is 5.82 Å². The molecule has 0 bridgehead atoms. The van der Waals surface area contributed by atoms with Gasteiger partial charge in [-0.3, -0.25) is 0 Å². The Balaban J connectivity index is 2.71. The second kappa shape index (κ2) is 5.11. The summed E-state index contributed by atoms with van der Waals surface area (Å²) in [6.45, 7) is -0.331. The van der Waals surface area contributed by atoms with Gasteiger partial charge in [-0.05, 0) is 0 Å². The molecule has 3 N–H and O–H groups in total. The van der Waals surface area contributed by atoms with E-state index in [1.54, 1.807) is 0 Å². The molecule has 96 valence electrons. The SMILES string of the molecule is COc1cc(NCCC(F)(F)F)c(N)cc1F. The molecule has 0 saturated carbocycles. The Hall–Kier alpha value is -1.66. The molecule has 1 aromatic carbocycles. The molecule has 17 heavy (non-hydrogen) atoms. The summed E-state index contributed by atoms with van der Waals surface area (Å²) in [6.07, 6.45) is -5.24. The van der Waals surface area contributed by atoms with Crippen molar-refractivity contribution in [1.29, 1.82) is 0 Å². The van der Waals surface area contributed by atoms with Crippen LogP contribution in [-0.4, -0.2) is 19.8 Å². The van der Waals surface area contributed by atoms with Crippen LogP contribution in [0.25, 0.3) is 0 Å². The number of hydrogen-bond acceptors (Lipinski definition) is 3. The monoisotopic (exact) mass is 252 g/mol. The Kier molecular flexibility index (Phi) is 4.03. The number of alkyl halides is 3. The first-order valence-electron chi connectivity index (χ1n) is 4.77. The van der Waals surface area contributed by atoms with Gasteiger partial charge in [0.15, 0.2) is 11.6 Å². The summed E-state index contributed by atoms with van der Waals surface area (Å²) in [4.78, 5) is 0. The van der Waals surface area contributed by atoms with Crippen LogP contribution in [0.1, 0.15) is 6.42 Å². The molecule has 0 spiro atoms. The predicted octanol–water partition coefficient (Wildman–Crippen LogP) is 2.78. The van der Waals surface area contributed by atoms with Gasteiger partial charge in [0.05, 0.1) is 24.9 Å². The molecule has 0 atom stereocenters. The summed E-state index contributed by atoms with van der Waals surface area (Å²) in [5, 5.41) is 2.48. The lowest BCUT2D eigenvalue weighted by molar-refractivity contribution is -0.131. The van der Waals surface area contributed by atoms with Crippen molar-refractivity contribution in [2.24, 2.45) is 0 Å². The summed E-state index contributed by atoms with van der Waals surface area (Å²) >= 11 is 0. The zero-order valence-electron chi connectivity index (χ0n) is 9.07. The molecule has 0 aliphatic heterocycles. The van der Waals surface area contributed by atoms with Crippen LogP contribution in [0.5, 0.6) is 5.75 Å². The van der Waals surface area contributed by atoms with Crippen molar-refractivity contribution in [3.05, 3.63) is 17.9 Å². The average molecular weight is 252 g/mol. The minimum absolute atomic E-state index is 0.0328. The van der Waals surface area contributed by atoms with Crippen molar-refractivity contribution in [3.8, 4) is 5.75 Å². The van der Waals surface area contributed by atoms with E-state index >= 15 is 0 Å². The second-order valence-corrected chi connectivity index (χ2v) is 3.37. The molecule has 0 saturated heterocycles. The Bertz CT molecular complexity index is 393. The van der Waals surface area contributed by atoms with Crippen molar-refractivity contribution in [2.45, 2.75) is 12.6 Å². The van der Waals surface area contributed by atoms with E-state index in [1.807, 2.05) is 0 Å². The number of benzene rings is 1. The van der Waals surface area contributed by atoms with Gasteiger partial charge in [-0.1, -0.05) is 0 Å². The van der Waals surface area contributed by atoms with Crippen LogP contribution in [-0.2, 0) is 0 Å². The maximum atomic E-state index is 13.1. The molecular formula is C10H12F4N2O. The first kappa shape index (κ1) is 13.4. The molecule has 0 aliphatic carbocycles. The van der Waals surface area contributed by atoms with Gasteiger partial charge in [-0.15, -0.1) is 0 Å². The topological polar surface area (TPSA) is 47.3 Å². The Labute approximate surface area is 95.6 Å². The molecule has 1 aromatic rings. The molecule has 0 aliphatic rings. The molecule has 0 radical (unpaired) electrons. The lowest BCUT2D eigenvalue weighted by atomic mass is 10.2. The van der Waals surface area contributed by atoms with E-state index in [9.17, 15) is 17.6 Å². The molecule has 0 heterocycles. The van der Waals surface area contributed by atoms with Crippen molar-refractivity contribution >= 4 is 11.4 Å². The molecule has 0 fully saturated rings. The van der Waals surface area contributed by atoms with Gasteiger partial charge >= 0.3 is 6.18 Å². The Morgan fingerprint density at radius 1 is 1.35 bits per heavy atom. The number of methoxy groups -OCH3 is 1. The lowest BCUT2D eigenvalue weighted by Gasteiger charge is -2.12. The molecule has 1 rings (SSSR count). The number of halogens is 4. The van der Waals surface area contributed by atoms with E-state index in [4.69, 9.17) is 10.5 Å². The third kappa shape index (κ3) is 4.01. The minimum Gasteiger partial charge on any atom is -0.494 e. The fourth-order valence-electron chi connectivity index (χ4n) is 1.22. The smallest absolute Gasteiger partial charge is 0.390 e. The van der Waals surface area contributed by atoms with Gasteiger partial charge in [0.1, 0.15) is 0 Å². The lowest BCUT2D eigenvalue weighted by Crippen LogP contribution is -2.15. The average Bonchev–Trinajstić information content (AvgIpc) is 2.19. The van der Waals surface area contributed by atoms with Gasteiger partial charge in [0, 0.05) is 18.7 Å². The largest absolute Gasteiger partial charge is 0.494 e. The van der Waals surface area contributed by atoms with Gasteiger partial charge in [0.2, 0.25) is 0 Å². The number of ether oxygens (including phenoxy) is 1. The third-order valence-corrected chi connectivity index (χ3v) is 2.05. The summed E-state index contributed by atoms with van der Waals surface area (Å²) in [6, 6.07) is 2.22. The first-order valence-corrected chi connectivity index (χ1v) is 4.77. The summed E-state index contributed by atoms with van der Waals surface area (Å²) in [5.41, 5.74) is 5.70. The van der Waals surface area contributed by atoms with Crippen LogP contribution >= 0.6 is 0 Å². The molecule has 7 heteroatoms. The Morgan fingerprint density at radius 2 is 2.00 bits per heavy atom. The predicted molar refractivity (Wildman–Crippen MR) is 56.5 cm³/mol. The third-order valence-electron chi connectivity index (χ3n) is 2.05.